The van der Waals surface area contributed by atoms with Crippen molar-refractivity contribution in [3.8, 4) is 0 Å². The van der Waals surface area contributed by atoms with Crippen LogP contribution in [0, 0.1) is 23.2 Å². The summed E-state index contributed by atoms with van der Waals surface area (Å²) < 4.78 is 10.7. The Morgan fingerprint density at radius 3 is 2.83 bits per heavy atom. The zero-order valence-corrected chi connectivity index (χ0v) is 17.6. The number of ether oxygens (including phenoxy) is 2. The number of carbonyl (C=O) groups excluding carboxylic acids is 2. The molecule has 0 bridgehead atoms. The summed E-state index contributed by atoms with van der Waals surface area (Å²) in [7, 11) is 0. The van der Waals surface area contributed by atoms with Gasteiger partial charge in [-0.25, -0.2) is 9.78 Å². The second-order valence-corrected chi connectivity index (χ2v) is 9.88. The molecule has 0 radical (unpaired) electrons. The fraction of sp³-hybridized carbons (Fsp3) is 0.700. The number of thiazole rings is 1. The van der Waals surface area contributed by atoms with Crippen molar-refractivity contribution >= 4 is 34.3 Å². The molecule has 158 valence electrons. The highest BCUT2D eigenvalue weighted by Crippen LogP contribution is 2.59. The molecule has 29 heavy (non-hydrogen) atoms. The molecule has 8 nitrogen and oxygen atoms in total. The number of anilines is 1. The molecule has 2 heterocycles. The number of nitrogens with zero attached hydrogens (tertiary/aromatic N) is 1. The number of hydrogen-bond acceptors (Lipinski definition) is 7. The number of aliphatic carboxylic acids is 1. The smallest absolute Gasteiger partial charge is 0.329 e. The average molecular weight is 423 g/mol. The van der Waals surface area contributed by atoms with Gasteiger partial charge in [0.2, 0.25) is 0 Å². The fourth-order valence-corrected chi connectivity index (χ4v) is 6.80. The largest absolute Gasteiger partial charge is 0.480 e. The summed E-state index contributed by atoms with van der Waals surface area (Å²) in [5.41, 5.74) is 1.01. The second-order valence-electron chi connectivity index (χ2n) is 8.80. The van der Waals surface area contributed by atoms with Gasteiger partial charge >= 0.3 is 11.9 Å². The molecule has 0 unspecified atom stereocenters. The first-order valence-electron chi connectivity index (χ1n) is 9.99. The Bertz CT molecular complexity index is 854. The normalized spacial score (nSPS) is 35.3. The van der Waals surface area contributed by atoms with E-state index in [4.69, 9.17) is 14.6 Å². The molecule has 1 aromatic heterocycles. The molecule has 1 aromatic rings. The van der Waals surface area contributed by atoms with Gasteiger partial charge in [-0.3, -0.25) is 14.9 Å². The van der Waals surface area contributed by atoms with Crippen LogP contribution in [0.15, 0.2) is 0 Å². The van der Waals surface area contributed by atoms with Crippen LogP contribution in [0.4, 0.5) is 5.13 Å². The van der Waals surface area contributed by atoms with Gasteiger partial charge in [-0.2, -0.15) is 0 Å². The topological polar surface area (TPSA) is 115 Å². The van der Waals surface area contributed by atoms with Crippen LogP contribution in [0.2, 0.25) is 0 Å². The van der Waals surface area contributed by atoms with Gasteiger partial charge in [0.15, 0.2) is 5.13 Å². The van der Waals surface area contributed by atoms with Crippen LogP contribution in [0.1, 0.15) is 50.1 Å². The Hall–Kier alpha value is -2.00. The molecule has 2 aliphatic carbocycles. The quantitative estimate of drug-likeness (QED) is 0.700. The Morgan fingerprint density at radius 1 is 1.34 bits per heavy atom. The molecule has 4 rings (SSSR count). The van der Waals surface area contributed by atoms with E-state index in [-0.39, 0.29) is 47.8 Å². The van der Waals surface area contributed by atoms with E-state index in [1.807, 2.05) is 6.92 Å². The lowest BCUT2D eigenvalue weighted by molar-refractivity contribution is -0.150. The van der Waals surface area contributed by atoms with Crippen molar-refractivity contribution in [2.75, 3.05) is 18.5 Å². The summed E-state index contributed by atoms with van der Waals surface area (Å²) in [4.78, 5) is 40.5. The molecule has 1 aliphatic heterocycles. The number of carboxylic acids is 1. The molecule has 2 N–H and O–H groups in total. The number of carbonyl (C=O) groups is 3. The lowest BCUT2D eigenvalue weighted by Gasteiger charge is -2.51. The molecular formula is C20H26N2O6S. The van der Waals surface area contributed by atoms with Gasteiger partial charge in [-0.1, -0.05) is 20.8 Å². The lowest BCUT2D eigenvalue weighted by atomic mass is 9.54. The van der Waals surface area contributed by atoms with Crippen molar-refractivity contribution in [3.05, 3.63) is 10.6 Å². The summed E-state index contributed by atoms with van der Waals surface area (Å²) in [6.07, 6.45) is 2.83. The predicted molar refractivity (Wildman–Crippen MR) is 105 cm³/mol. The summed E-state index contributed by atoms with van der Waals surface area (Å²) in [6, 6.07) is 0. The SMILES string of the molecule is C[C@@H]1C(=O)O[C@H]2[C@H]1CC[C@@]1(C)Cc3sc(NC(=O)COCC(=O)O)nc3[C@@H](C)[C@H]21. The zero-order chi connectivity index (χ0) is 20.9. The number of carboxylic acid groups (broad SMARTS) is 1. The minimum absolute atomic E-state index is 0.0380. The van der Waals surface area contributed by atoms with E-state index >= 15 is 0 Å². The third-order valence-corrected chi connectivity index (χ3v) is 7.85. The minimum Gasteiger partial charge on any atom is -0.480 e. The number of aromatic nitrogens is 1. The third kappa shape index (κ3) is 3.54. The first-order valence-corrected chi connectivity index (χ1v) is 10.8. The van der Waals surface area contributed by atoms with Crippen molar-refractivity contribution < 1.29 is 29.0 Å². The molecule has 3 aliphatic rings. The molecule has 9 heteroatoms. The van der Waals surface area contributed by atoms with Crippen LogP contribution in [0.5, 0.6) is 0 Å². The van der Waals surface area contributed by atoms with Gasteiger partial charge in [-0.15, -0.1) is 11.3 Å². The van der Waals surface area contributed by atoms with Crippen molar-refractivity contribution in [2.45, 2.75) is 52.1 Å². The number of rotatable bonds is 5. The summed E-state index contributed by atoms with van der Waals surface area (Å²) >= 11 is 1.47. The number of hydrogen-bond donors (Lipinski definition) is 2. The van der Waals surface area contributed by atoms with Gasteiger partial charge < -0.3 is 14.6 Å². The van der Waals surface area contributed by atoms with Crippen LogP contribution in [-0.2, 0) is 30.3 Å². The van der Waals surface area contributed by atoms with Crippen LogP contribution < -0.4 is 5.32 Å². The molecule has 1 amide bonds. The predicted octanol–water partition coefficient (Wildman–Crippen LogP) is 2.44. The Morgan fingerprint density at radius 2 is 2.10 bits per heavy atom. The van der Waals surface area contributed by atoms with Crippen LogP contribution in [0.25, 0.3) is 0 Å². The first-order chi connectivity index (χ1) is 13.7. The molecule has 1 saturated carbocycles. The number of esters is 1. The minimum atomic E-state index is -1.12. The van der Waals surface area contributed by atoms with E-state index in [9.17, 15) is 14.4 Å². The van der Waals surface area contributed by atoms with Gasteiger partial charge in [0.05, 0.1) is 11.6 Å². The monoisotopic (exact) mass is 422 g/mol. The van der Waals surface area contributed by atoms with Gasteiger partial charge in [0, 0.05) is 22.6 Å². The number of amides is 1. The van der Waals surface area contributed by atoms with E-state index in [1.165, 1.54) is 11.3 Å². The first kappa shape index (κ1) is 20.3. The van der Waals surface area contributed by atoms with Gasteiger partial charge in [0.1, 0.15) is 19.3 Å². The van der Waals surface area contributed by atoms with E-state index < -0.39 is 18.5 Å². The standard InChI is InChI=1S/C20H26N2O6S/c1-9-11-4-5-20(3)6-12-16(10(2)15(20)17(11)28-18(9)26)22-19(29-12)21-13(23)7-27-8-14(24)25/h9-11,15,17H,4-8H2,1-3H3,(H,24,25)(H,21,22,23)/t9-,10-,11-,15+,17-,20-/m0/s1. The van der Waals surface area contributed by atoms with Gasteiger partial charge in [0.25, 0.3) is 5.91 Å². The maximum atomic E-state index is 12.2. The molecular weight excluding hydrogens is 396 g/mol. The third-order valence-electron chi connectivity index (χ3n) is 6.86. The van der Waals surface area contributed by atoms with E-state index in [2.05, 4.69) is 24.1 Å². The average Bonchev–Trinajstić information content (AvgIpc) is 3.14. The number of fused-ring (bicyclic) bond motifs is 4. The molecule has 1 saturated heterocycles. The van der Waals surface area contributed by atoms with Crippen LogP contribution in [-0.4, -0.2) is 47.3 Å². The highest BCUT2D eigenvalue weighted by atomic mass is 32.1. The van der Waals surface area contributed by atoms with Crippen LogP contribution in [0.3, 0.4) is 0 Å². The highest BCUT2D eigenvalue weighted by molar-refractivity contribution is 7.15. The molecule has 0 aromatic carbocycles. The zero-order valence-electron chi connectivity index (χ0n) is 16.8. The summed E-state index contributed by atoms with van der Waals surface area (Å²) in [6.45, 7) is 5.54. The Labute approximate surface area is 173 Å². The maximum Gasteiger partial charge on any atom is 0.329 e. The highest BCUT2D eigenvalue weighted by Gasteiger charge is 2.58. The maximum absolute atomic E-state index is 12.2. The summed E-state index contributed by atoms with van der Waals surface area (Å²) in [5, 5.41) is 11.8. The van der Waals surface area contributed by atoms with Crippen LogP contribution >= 0.6 is 11.3 Å². The van der Waals surface area contributed by atoms with Crippen molar-refractivity contribution in [2.24, 2.45) is 23.2 Å². The second kappa shape index (κ2) is 7.36. The number of nitrogens with one attached hydrogen (secondary N) is 1. The van der Waals surface area contributed by atoms with E-state index in [0.717, 1.165) is 29.8 Å². The van der Waals surface area contributed by atoms with Crippen molar-refractivity contribution in [1.82, 2.24) is 4.98 Å². The Balaban J connectivity index is 1.52. The van der Waals surface area contributed by atoms with Gasteiger partial charge in [-0.05, 0) is 24.7 Å². The van der Waals surface area contributed by atoms with E-state index in [0.29, 0.717) is 5.13 Å². The Kier molecular flexibility index (Phi) is 5.14. The molecule has 0 spiro atoms. The molecule has 2 fully saturated rings. The molecule has 6 atom stereocenters. The van der Waals surface area contributed by atoms with E-state index in [1.54, 1.807) is 0 Å². The van der Waals surface area contributed by atoms with Crippen molar-refractivity contribution in [1.29, 1.82) is 0 Å². The van der Waals surface area contributed by atoms with Crippen molar-refractivity contribution in [3.63, 3.8) is 0 Å². The summed E-state index contributed by atoms with van der Waals surface area (Å²) in [5.74, 6) is -1.07. The fourth-order valence-electron chi connectivity index (χ4n) is 5.52. The lowest BCUT2D eigenvalue weighted by Crippen LogP contribution is -2.50.